The molecular formula is C13H18BrN. The minimum Gasteiger partial charge on any atom is -0.316 e. The summed E-state index contributed by atoms with van der Waals surface area (Å²) in [7, 11) is 0. The van der Waals surface area contributed by atoms with Gasteiger partial charge >= 0.3 is 0 Å². The van der Waals surface area contributed by atoms with Crippen LogP contribution in [0, 0.1) is 5.92 Å². The Hall–Kier alpha value is -0.340. The highest BCUT2D eigenvalue weighted by atomic mass is 79.9. The lowest BCUT2D eigenvalue weighted by Crippen LogP contribution is -2.22. The summed E-state index contributed by atoms with van der Waals surface area (Å²) in [6, 6.07) is 8.60. The summed E-state index contributed by atoms with van der Waals surface area (Å²) in [5, 5.41) is 3.55. The lowest BCUT2D eigenvalue weighted by molar-refractivity contribution is 0.587. The van der Waals surface area contributed by atoms with Crippen LogP contribution in [0.15, 0.2) is 28.7 Å². The van der Waals surface area contributed by atoms with Crippen molar-refractivity contribution in [1.82, 2.24) is 5.32 Å². The highest BCUT2D eigenvalue weighted by molar-refractivity contribution is 9.10. The monoisotopic (exact) mass is 267 g/mol. The first-order valence-electron chi connectivity index (χ1n) is 5.72. The van der Waals surface area contributed by atoms with E-state index >= 15 is 0 Å². The second kappa shape index (κ2) is 5.13. The molecule has 0 aliphatic heterocycles. The summed E-state index contributed by atoms with van der Waals surface area (Å²) in [6.07, 6.45) is 2.86. The standard InChI is InChI=1S/C13H18BrN/c1-10(8-15-9-11-5-6-11)12-3-2-4-13(14)7-12/h2-4,7,10-11,15H,5-6,8-9H2,1H3. The van der Waals surface area contributed by atoms with Gasteiger partial charge in [0.2, 0.25) is 0 Å². The van der Waals surface area contributed by atoms with Crippen molar-refractivity contribution in [2.24, 2.45) is 5.92 Å². The third-order valence-electron chi connectivity index (χ3n) is 3.00. The van der Waals surface area contributed by atoms with E-state index in [0.29, 0.717) is 5.92 Å². The Kier molecular flexibility index (Phi) is 3.81. The highest BCUT2D eigenvalue weighted by Gasteiger charge is 2.20. The molecule has 1 saturated carbocycles. The molecule has 1 nitrogen and oxygen atoms in total. The largest absolute Gasteiger partial charge is 0.316 e. The van der Waals surface area contributed by atoms with E-state index in [9.17, 15) is 0 Å². The summed E-state index contributed by atoms with van der Waals surface area (Å²) < 4.78 is 1.18. The fourth-order valence-electron chi connectivity index (χ4n) is 1.76. The molecule has 0 saturated heterocycles. The van der Waals surface area contributed by atoms with Crippen molar-refractivity contribution in [1.29, 1.82) is 0 Å². The van der Waals surface area contributed by atoms with Crippen LogP contribution in [0.5, 0.6) is 0 Å². The molecule has 1 aromatic carbocycles. The van der Waals surface area contributed by atoms with Crippen LogP contribution in [0.3, 0.4) is 0 Å². The summed E-state index contributed by atoms with van der Waals surface area (Å²) in [5.74, 6) is 1.57. The van der Waals surface area contributed by atoms with Gasteiger partial charge in [0.1, 0.15) is 0 Å². The minimum absolute atomic E-state index is 0.598. The summed E-state index contributed by atoms with van der Waals surface area (Å²) in [6.45, 7) is 4.58. The molecule has 0 heterocycles. The maximum atomic E-state index is 3.55. The Bertz CT molecular complexity index is 320. The zero-order chi connectivity index (χ0) is 10.7. The number of nitrogens with one attached hydrogen (secondary N) is 1. The van der Waals surface area contributed by atoms with Crippen LogP contribution in [0.4, 0.5) is 0 Å². The molecule has 1 atom stereocenters. The molecule has 82 valence electrons. The van der Waals surface area contributed by atoms with E-state index in [1.807, 2.05) is 0 Å². The molecule has 1 unspecified atom stereocenters. The molecule has 15 heavy (non-hydrogen) atoms. The summed E-state index contributed by atoms with van der Waals surface area (Å²) in [5.41, 5.74) is 1.41. The van der Waals surface area contributed by atoms with E-state index in [1.54, 1.807) is 0 Å². The first kappa shape index (κ1) is 11.2. The van der Waals surface area contributed by atoms with E-state index in [-0.39, 0.29) is 0 Å². The molecule has 0 aromatic heterocycles. The third kappa shape index (κ3) is 3.62. The van der Waals surface area contributed by atoms with Crippen molar-refractivity contribution in [2.45, 2.75) is 25.7 Å². The third-order valence-corrected chi connectivity index (χ3v) is 3.49. The average Bonchev–Trinajstić information content (AvgIpc) is 3.01. The van der Waals surface area contributed by atoms with Gasteiger partial charge < -0.3 is 5.32 Å². The smallest absolute Gasteiger partial charge is 0.0178 e. The maximum absolute atomic E-state index is 3.55. The van der Waals surface area contributed by atoms with Gasteiger partial charge in [0.25, 0.3) is 0 Å². The maximum Gasteiger partial charge on any atom is 0.0178 e. The number of halogens is 1. The topological polar surface area (TPSA) is 12.0 Å². The first-order chi connectivity index (χ1) is 7.25. The van der Waals surface area contributed by atoms with Gasteiger partial charge in [-0.1, -0.05) is 35.0 Å². The molecule has 2 rings (SSSR count). The number of benzene rings is 1. The molecule has 0 amide bonds. The van der Waals surface area contributed by atoms with Crippen molar-refractivity contribution < 1.29 is 0 Å². The van der Waals surface area contributed by atoms with Gasteiger partial charge in [0.05, 0.1) is 0 Å². The van der Waals surface area contributed by atoms with E-state index in [0.717, 1.165) is 12.5 Å². The molecule has 1 fully saturated rings. The Morgan fingerprint density at radius 2 is 2.27 bits per heavy atom. The van der Waals surface area contributed by atoms with E-state index in [4.69, 9.17) is 0 Å². The van der Waals surface area contributed by atoms with E-state index in [1.165, 1.54) is 29.4 Å². The van der Waals surface area contributed by atoms with Gasteiger partial charge in [0.15, 0.2) is 0 Å². The van der Waals surface area contributed by atoms with Crippen LogP contribution in [0.2, 0.25) is 0 Å². The van der Waals surface area contributed by atoms with Gasteiger partial charge in [-0.2, -0.15) is 0 Å². The first-order valence-corrected chi connectivity index (χ1v) is 6.51. The second-order valence-electron chi connectivity index (χ2n) is 4.56. The predicted molar refractivity (Wildman–Crippen MR) is 68.2 cm³/mol. The Morgan fingerprint density at radius 1 is 1.47 bits per heavy atom. The van der Waals surface area contributed by atoms with Crippen molar-refractivity contribution in [2.75, 3.05) is 13.1 Å². The van der Waals surface area contributed by atoms with Crippen molar-refractivity contribution in [3.8, 4) is 0 Å². The average molecular weight is 268 g/mol. The molecular weight excluding hydrogens is 250 g/mol. The fourth-order valence-corrected chi connectivity index (χ4v) is 2.17. The van der Waals surface area contributed by atoms with Crippen molar-refractivity contribution >= 4 is 15.9 Å². The summed E-state index contributed by atoms with van der Waals surface area (Å²) >= 11 is 3.51. The van der Waals surface area contributed by atoms with Gasteiger partial charge in [-0.05, 0) is 48.9 Å². The van der Waals surface area contributed by atoms with Gasteiger partial charge in [-0.3, -0.25) is 0 Å². The zero-order valence-corrected chi connectivity index (χ0v) is 10.8. The highest BCUT2D eigenvalue weighted by Crippen LogP contribution is 2.27. The lowest BCUT2D eigenvalue weighted by Gasteiger charge is -2.13. The Balaban J connectivity index is 1.80. The number of hydrogen-bond acceptors (Lipinski definition) is 1. The molecule has 0 spiro atoms. The molecule has 1 aliphatic rings. The molecule has 1 aromatic rings. The van der Waals surface area contributed by atoms with Crippen LogP contribution < -0.4 is 5.32 Å². The fraction of sp³-hybridized carbons (Fsp3) is 0.538. The molecule has 0 radical (unpaired) electrons. The van der Waals surface area contributed by atoms with Crippen LogP contribution in [-0.2, 0) is 0 Å². The number of rotatable bonds is 5. The normalized spacial score (nSPS) is 17.7. The molecule has 2 heteroatoms. The van der Waals surface area contributed by atoms with Crippen LogP contribution in [0.1, 0.15) is 31.2 Å². The van der Waals surface area contributed by atoms with E-state index in [2.05, 4.69) is 52.4 Å². The van der Waals surface area contributed by atoms with Crippen LogP contribution in [0.25, 0.3) is 0 Å². The quantitative estimate of drug-likeness (QED) is 0.861. The van der Waals surface area contributed by atoms with Gasteiger partial charge in [-0.25, -0.2) is 0 Å². The SMILES string of the molecule is CC(CNCC1CC1)c1cccc(Br)c1. The Labute approximate surface area is 100 Å². The zero-order valence-electron chi connectivity index (χ0n) is 9.17. The Morgan fingerprint density at radius 3 is 2.93 bits per heavy atom. The minimum atomic E-state index is 0.598. The molecule has 1 N–H and O–H groups in total. The molecule has 1 aliphatic carbocycles. The van der Waals surface area contributed by atoms with Crippen LogP contribution in [-0.4, -0.2) is 13.1 Å². The van der Waals surface area contributed by atoms with Crippen LogP contribution >= 0.6 is 15.9 Å². The van der Waals surface area contributed by atoms with Crippen molar-refractivity contribution in [3.05, 3.63) is 34.3 Å². The molecule has 0 bridgehead atoms. The second-order valence-corrected chi connectivity index (χ2v) is 5.47. The predicted octanol–water partition coefficient (Wildman–Crippen LogP) is 3.55. The van der Waals surface area contributed by atoms with E-state index < -0.39 is 0 Å². The summed E-state index contributed by atoms with van der Waals surface area (Å²) in [4.78, 5) is 0. The van der Waals surface area contributed by atoms with Gasteiger partial charge in [0, 0.05) is 11.0 Å². The lowest BCUT2D eigenvalue weighted by atomic mass is 10.0. The van der Waals surface area contributed by atoms with Gasteiger partial charge in [-0.15, -0.1) is 0 Å². The number of hydrogen-bond donors (Lipinski definition) is 1. The van der Waals surface area contributed by atoms with Crippen molar-refractivity contribution in [3.63, 3.8) is 0 Å².